The van der Waals surface area contributed by atoms with Gasteiger partial charge in [-0.05, 0) is 22.1 Å². The van der Waals surface area contributed by atoms with Crippen LogP contribution in [0.5, 0.6) is 0 Å². The van der Waals surface area contributed by atoms with Crippen molar-refractivity contribution in [3.05, 3.63) is 41.2 Å². The fourth-order valence-electron chi connectivity index (χ4n) is 1.46. The van der Waals surface area contributed by atoms with Crippen LogP contribution in [0.4, 0.5) is 8.78 Å². The molecule has 1 N–H and O–H groups in total. The van der Waals surface area contributed by atoms with Crippen molar-refractivity contribution in [3.8, 4) is 0 Å². The first-order chi connectivity index (χ1) is 8.58. The van der Waals surface area contributed by atoms with Crippen molar-refractivity contribution < 1.29 is 18.7 Å². The Morgan fingerprint density at radius 1 is 1.39 bits per heavy atom. The molecule has 2 aromatic rings. The van der Waals surface area contributed by atoms with Gasteiger partial charge in [-0.3, -0.25) is 4.79 Å². The minimum atomic E-state index is -1.12. The zero-order chi connectivity index (χ0) is 13.1. The molecule has 8 heteroatoms. The van der Waals surface area contributed by atoms with Gasteiger partial charge in [0, 0.05) is 6.42 Å². The van der Waals surface area contributed by atoms with Gasteiger partial charge in [-0.25, -0.2) is 13.5 Å². The second-order valence-corrected chi connectivity index (χ2v) is 3.54. The van der Waals surface area contributed by atoms with Crippen LogP contribution in [-0.4, -0.2) is 31.3 Å². The number of hydrogen-bond acceptors (Lipinski definition) is 4. The zero-order valence-corrected chi connectivity index (χ0v) is 9.05. The molecule has 2 rings (SSSR count). The molecule has 0 aliphatic carbocycles. The second kappa shape index (κ2) is 4.86. The summed E-state index contributed by atoms with van der Waals surface area (Å²) in [5.41, 5.74) is 0.0661. The van der Waals surface area contributed by atoms with Crippen molar-refractivity contribution >= 4 is 5.97 Å². The summed E-state index contributed by atoms with van der Waals surface area (Å²) < 4.78 is 27.4. The number of carboxylic acids is 1. The van der Waals surface area contributed by atoms with Crippen molar-refractivity contribution in [2.75, 3.05) is 0 Å². The number of hydrogen-bond donors (Lipinski definition) is 1. The van der Waals surface area contributed by atoms with Crippen molar-refractivity contribution in [1.29, 1.82) is 0 Å². The Labute approximate surface area is 99.9 Å². The number of aromatic nitrogens is 4. The van der Waals surface area contributed by atoms with E-state index in [4.69, 9.17) is 5.11 Å². The number of carbonyl (C=O) groups is 1. The smallest absolute Gasteiger partial charge is 0.325 e. The fourth-order valence-corrected chi connectivity index (χ4v) is 1.46. The van der Waals surface area contributed by atoms with Crippen molar-refractivity contribution in [3.63, 3.8) is 0 Å². The molecule has 0 saturated heterocycles. The Hall–Kier alpha value is -2.38. The summed E-state index contributed by atoms with van der Waals surface area (Å²) in [5, 5.41) is 19.0. The summed E-state index contributed by atoms with van der Waals surface area (Å²) in [6.45, 7) is -0.431. The van der Waals surface area contributed by atoms with Gasteiger partial charge in [-0.15, -0.1) is 5.10 Å². The molecule has 94 valence electrons. The molecule has 1 aromatic heterocycles. The van der Waals surface area contributed by atoms with E-state index in [1.54, 1.807) is 0 Å². The van der Waals surface area contributed by atoms with E-state index in [2.05, 4.69) is 15.5 Å². The summed E-state index contributed by atoms with van der Waals surface area (Å²) in [5.74, 6) is -2.92. The van der Waals surface area contributed by atoms with E-state index in [1.165, 1.54) is 12.1 Å². The Morgan fingerprint density at radius 2 is 2.17 bits per heavy atom. The monoisotopic (exact) mass is 254 g/mol. The van der Waals surface area contributed by atoms with E-state index >= 15 is 0 Å². The summed E-state index contributed by atoms with van der Waals surface area (Å²) in [7, 11) is 0. The van der Waals surface area contributed by atoms with E-state index in [-0.39, 0.29) is 17.8 Å². The molecular formula is C10H8F2N4O2. The number of rotatable bonds is 4. The van der Waals surface area contributed by atoms with E-state index < -0.39 is 24.1 Å². The van der Waals surface area contributed by atoms with Gasteiger partial charge >= 0.3 is 5.97 Å². The predicted molar refractivity (Wildman–Crippen MR) is 54.6 cm³/mol. The molecule has 0 bridgehead atoms. The first-order valence-corrected chi connectivity index (χ1v) is 4.97. The maximum Gasteiger partial charge on any atom is 0.325 e. The molecule has 1 heterocycles. The molecular weight excluding hydrogens is 246 g/mol. The average Bonchev–Trinajstić information content (AvgIpc) is 2.72. The minimum absolute atomic E-state index is 0.0661. The molecule has 6 nitrogen and oxygen atoms in total. The van der Waals surface area contributed by atoms with Crippen molar-refractivity contribution in [2.24, 2.45) is 0 Å². The highest BCUT2D eigenvalue weighted by atomic mass is 19.2. The first kappa shape index (κ1) is 12.1. The van der Waals surface area contributed by atoms with Crippen LogP contribution in [0.3, 0.4) is 0 Å². The van der Waals surface area contributed by atoms with Crippen LogP contribution in [0.25, 0.3) is 0 Å². The molecule has 1 aromatic carbocycles. The Morgan fingerprint density at radius 3 is 2.89 bits per heavy atom. The van der Waals surface area contributed by atoms with Gasteiger partial charge < -0.3 is 5.11 Å². The molecule has 0 fully saturated rings. The third kappa shape index (κ3) is 2.47. The number of nitrogens with zero attached hydrogens (tertiary/aromatic N) is 4. The van der Waals surface area contributed by atoms with Crippen LogP contribution in [0.15, 0.2) is 18.2 Å². The van der Waals surface area contributed by atoms with E-state index in [9.17, 15) is 13.6 Å². The Bertz CT molecular complexity index is 585. The Kier molecular flexibility index (Phi) is 3.26. The van der Waals surface area contributed by atoms with Gasteiger partial charge in [0.1, 0.15) is 6.54 Å². The summed E-state index contributed by atoms with van der Waals surface area (Å²) >= 11 is 0. The van der Waals surface area contributed by atoms with Crippen LogP contribution >= 0.6 is 0 Å². The lowest BCUT2D eigenvalue weighted by Crippen LogP contribution is -2.14. The maximum atomic E-state index is 13.4. The van der Waals surface area contributed by atoms with Crippen molar-refractivity contribution in [2.45, 2.75) is 13.0 Å². The van der Waals surface area contributed by atoms with E-state index in [0.29, 0.717) is 0 Å². The first-order valence-electron chi connectivity index (χ1n) is 4.97. The quantitative estimate of drug-likeness (QED) is 0.865. The molecule has 0 aliphatic heterocycles. The number of aliphatic carboxylic acids is 1. The predicted octanol–water partition coefficient (Wildman–Crippen LogP) is 0.627. The number of halogens is 2. The average molecular weight is 254 g/mol. The van der Waals surface area contributed by atoms with Gasteiger partial charge in [0.2, 0.25) is 0 Å². The second-order valence-electron chi connectivity index (χ2n) is 3.54. The lowest BCUT2D eigenvalue weighted by atomic mass is 10.1. The topological polar surface area (TPSA) is 80.9 Å². The SMILES string of the molecule is O=C(O)Cn1nnnc1Cc1cccc(F)c1F. The normalized spacial score (nSPS) is 10.6. The van der Waals surface area contributed by atoms with Gasteiger partial charge in [0.15, 0.2) is 17.5 Å². The van der Waals surface area contributed by atoms with Crippen LogP contribution in [0.2, 0.25) is 0 Å². The summed E-state index contributed by atoms with van der Waals surface area (Å²) in [6.07, 6.45) is -0.0795. The van der Waals surface area contributed by atoms with E-state index in [1.807, 2.05) is 0 Å². The molecule has 0 unspecified atom stereocenters. The third-order valence-corrected chi connectivity index (χ3v) is 2.27. The van der Waals surface area contributed by atoms with Crippen LogP contribution in [-0.2, 0) is 17.8 Å². The highest BCUT2D eigenvalue weighted by Gasteiger charge is 2.14. The van der Waals surface area contributed by atoms with Gasteiger partial charge in [-0.1, -0.05) is 12.1 Å². The molecule has 0 amide bonds. The highest BCUT2D eigenvalue weighted by molar-refractivity contribution is 5.66. The fraction of sp³-hybridized carbons (Fsp3) is 0.200. The zero-order valence-electron chi connectivity index (χ0n) is 9.05. The third-order valence-electron chi connectivity index (χ3n) is 2.27. The maximum absolute atomic E-state index is 13.4. The molecule has 0 atom stereocenters. The van der Waals surface area contributed by atoms with E-state index in [0.717, 1.165) is 10.7 Å². The molecule has 18 heavy (non-hydrogen) atoms. The molecule has 0 radical (unpaired) electrons. The van der Waals surface area contributed by atoms with Crippen molar-refractivity contribution in [1.82, 2.24) is 20.2 Å². The standard InChI is InChI=1S/C10H8F2N4O2/c11-7-3-1-2-6(10(7)12)4-8-13-14-15-16(8)5-9(17)18/h1-3H,4-5H2,(H,17,18). The minimum Gasteiger partial charge on any atom is -0.480 e. The highest BCUT2D eigenvalue weighted by Crippen LogP contribution is 2.14. The molecule has 0 spiro atoms. The Balaban J connectivity index is 2.26. The molecule has 0 saturated carbocycles. The number of tetrazole rings is 1. The van der Waals surface area contributed by atoms with Crippen LogP contribution in [0, 0.1) is 11.6 Å². The van der Waals surface area contributed by atoms with Gasteiger partial charge in [-0.2, -0.15) is 0 Å². The number of benzene rings is 1. The summed E-state index contributed by atoms with van der Waals surface area (Å²) in [6, 6.07) is 3.75. The largest absolute Gasteiger partial charge is 0.480 e. The van der Waals surface area contributed by atoms with Gasteiger partial charge in [0.05, 0.1) is 0 Å². The van der Waals surface area contributed by atoms with Crippen LogP contribution < -0.4 is 0 Å². The summed E-state index contributed by atoms with van der Waals surface area (Å²) in [4.78, 5) is 10.5. The number of carboxylic acid groups (broad SMARTS) is 1. The lowest BCUT2D eigenvalue weighted by molar-refractivity contribution is -0.138. The molecule has 0 aliphatic rings. The van der Waals surface area contributed by atoms with Gasteiger partial charge in [0.25, 0.3) is 0 Å². The lowest BCUT2D eigenvalue weighted by Gasteiger charge is -2.03. The van der Waals surface area contributed by atoms with Crippen LogP contribution in [0.1, 0.15) is 11.4 Å².